The smallest absolute Gasteiger partial charge is 0.312 e. The van der Waals surface area contributed by atoms with Crippen LogP contribution < -0.4 is 0 Å². The standard InChI is InChI=1S/C24H18O6/c25-18-10-9-13-5-3-4-8-16(13)20(18)22(24(29)30)21(23(27)28)17-11-14-6-1-2-7-15(14)12-19(17)26/h1-12,21-22,25-26H,(H,27,28)(H,29,30). The highest BCUT2D eigenvalue weighted by Gasteiger charge is 2.40. The molecule has 4 rings (SSSR count). The highest BCUT2D eigenvalue weighted by molar-refractivity contribution is 5.97. The van der Waals surface area contributed by atoms with Crippen LogP contribution >= 0.6 is 0 Å². The molecule has 30 heavy (non-hydrogen) atoms. The number of benzene rings is 4. The van der Waals surface area contributed by atoms with Crippen molar-refractivity contribution < 1.29 is 30.0 Å². The molecule has 0 spiro atoms. The zero-order valence-electron chi connectivity index (χ0n) is 15.7. The zero-order chi connectivity index (χ0) is 21.4. The number of hydrogen-bond acceptors (Lipinski definition) is 4. The average molecular weight is 402 g/mol. The number of carboxylic acids is 2. The Balaban J connectivity index is 2.00. The summed E-state index contributed by atoms with van der Waals surface area (Å²) >= 11 is 0. The first-order chi connectivity index (χ1) is 14.4. The molecule has 0 amide bonds. The van der Waals surface area contributed by atoms with E-state index in [2.05, 4.69) is 0 Å². The molecule has 6 heteroatoms. The summed E-state index contributed by atoms with van der Waals surface area (Å²) in [5.74, 6) is -6.70. The quantitative estimate of drug-likeness (QED) is 0.392. The summed E-state index contributed by atoms with van der Waals surface area (Å²) in [5, 5.41) is 43.6. The van der Waals surface area contributed by atoms with Crippen molar-refractivity contribution in [1.29, 1.82) is 0 Å². The lowest BCUT2D eigenvalue weighted by atomic mass is 9.78. The molecule has 6 nitrogen and oxygen atoms in total. The van der Waals surface area contributed by atoms with Gasteiger partial charge >= 0.3 is 11.9 Å². The van der Waals surface area contributed by atoms with Crippen LogP contribution in [-0.2, 0) is 9.59 Å². The summed E-state index contributed by atoms with van der Waals surface area (Å²) in [6.07, 6.45) is 0. The van der Waals surface area contributed by atoms with E-state index in [1.807, 2.05) is 0 Å². The minimum absolute atomic E-state index is 0.000517. The second kappa shape index (κ2) is 7.40. The summed E-state index contributed by atoms with van der Waals surface area (Å²) < 4.78 is 0. The molecule has 0 saturated carbocycles. The van der Waals surface area contributed by atoms with Gasteiger partial charge in [0.1, 0.15) is 23.3 Å². The largest absolute Gasteiger partial charge is 0.508 e. The van der Waals surface area contributed by atoms with Crippen molar-refractivity contribution in [3.63, 3.8) is 0 Å². The fourth-order valence-corrected chi connectivity index (χ4v) is 3.99. The van der Waals surface area contributed by atoms with Gasteiger partial charge in [-0.05, 0) is 39.7 Å². The first-order valence-electron chi connectivity index (χ1n) is 9.26. The Morgan fingerprint density at radius 1 is 0.633 bits per heavy atom. The van der Waals surface area contributed by atoms with Gasteiger partial charge in [-0.2, -0.15) is 0 Å². The van der Waals surface area contributed by atoms with E-state index < -0.39 is 23.8 Å². The third kappa shape index (κ3) is 3.18. The molecule has 0 aliphatic rings. The van der Waals surface area contributed by atoms with Crippen LogP contribution in [0.5, 0.6) is 11.5 Å². The predicted molar refractivity (Wildman–Crippen MR) is 112 cm³/mol. The average Bonchev–Trinajstić information content (AvgIpc) is 2.72. The molecule has 0 aromatic heterocycles. The SMILES string of the molecule is O=C(O)C(c1cc2ccccc2cc1O)C(C(=O)O)c1c(O)ccc2ccccc12. The van der Waals surface area contributed by atoms with Gasteiger partial charge in [0.05, 0.1) is 0 Å². The summed E-state index contributed by atoms with van der Waals surface area (Å²) in [5.41, 5.74) is -0.0264. The normalized spacial score (nSPS) is 13.2. The van der Waals surface area contributed by atoms with Crippen molar-refractivity contribution in [2.24, 2.45) is 0 Å². The van der Waals surface area contributed by atoms with E-state index in [0.29, 0.717) is 21.5 Å². The van der Waals surface area contributed by atoms with Gasteiger partial charge < -0.3 is 20.4 Å². The van der Waals surface area contributed by atoms with Crippen molar-refractivity contribution >= 4 is 33.5 Å². The van der Waals surface area contributed by atoms with Gasteiger partial charge in [-0.1, -0.05) is 54.6 Å². The number of fused-ring (bicyclic) bond motifs is 2. The number of phenols is 2. The van der Waals surface area contributed by atoms with Gasteiger partial charge in [0, 0.05) is 11.1 Å². The van der Waals surface area contributed by atoms with Crippen LogP contribution in [0.25, 0.3) is 21.5 Å². The third-order valence-electron chi connectivity index (χ3n) is 5.35. The monoisotopic (exact) mass is 402 g/mol. The van der Waals surface area contributed by atoms with Crippen molar-refractivity contribution in [2.75, 3.05) is 0 Å². The molecule has 2 atom stereocenters. The van der Waals surface area contributed by atoms with E-state index in [-0.39, 0.29) is 22.6 Å². The maximum Gasteiger partial charge on any atom is 0.312 e. The van der Waals surface area contributed by atoms with E-state index in [1.54, 1.807) is 54.6 Å². The van der Waals surface area contributed by atoms with Crippen LogP contribution in [0.1, 0.15) is 23.0 Å². The zero-order valence-corrected chi connectivity index (χ0v) is 15.7. The lowest BCUT2D eigenvalue weighted by Gasteiger charge is -2.24. The molecule has 0 radical (unpaired) electrons. The molecule has 0 fully saturated rings. The van der Waals surface area contributed by atoms with Crippen LogP contribution in [0, 0.1) is 0 Å². The molecule has 0 heterocycles. The Labute approximate surface area is 171 Å². The van der Waals surface area contributed by atoms with Gasteiger partial charge in [-0.15, -0.1) is 0 Å². The van der Waals surface area contributed by atoms with Gasteiger partial charge in [0.25, 0.3) is 0 Å². The van der Waals surface area contributed by atoms with Crippen LogP contribution in [-0.4, -0.2) is 32.4 Å². The first-order valence-corrected chi connectivity index (χ1v) is 9.26. The summed E-state index contributed by atoms with van der Waals surface area (Å²) in [6, 6.07) is 19.8. The van der Waals surface area contributed by atoms with Crippen LogP contribution in [0.4, 0.5) is 0 Å². The van der Waals surface area contributed by atoms with Crippen molar-refractivity contribution in [3.8, 4) is 11.5 Å². The number of carboxylic acid groups (broad SMARTS) is 2. The second-order valence-corrected chi connectivity index (χ2v) is 7.11. The summed E-state index contributed by atoms with van der Waals surface area (Å²) in [6.45, 7) is 0. The van der Waals surface area contributed by atoms with Crippen LogP contribution in [0.15, 0.2) is 72.8 Å². The number of carbonyl (C=O) groups is 2. The number of phenolic OH excluding ortho intramolecular Hbond substituents is 2. The number of aromatic hydroxyl groups is 2. The first kappa shape index (κ1) is 19.3. The van der Waals surface area contributed by atoms with Gasteiger partial charge in [0.15, 0.2) is 0 Å². The molecular weight excluding hydrogens is 384 g/mol. The molecular formula is C24H18O6. The van der Waals surface area contributed by atoms with Crippen LogP contribution in [0.2, 0.25) is 0 Å². The number of hydrogen-bond donors (Lipinski definition) is 4. The van der Waals surface area contributed by atoms with E-state index in [1.165, 1.54) is 18.2 Å². The van der Waals surface area contributed by atoms with Gasteiger partial charge in [-0.3, -0.25) is 9.59 Å². The molecule has 4 aromatic rings. The van der Waals surface area contributed by atoms with Crippen LogP contribution in [0.3, 0.4) is 0 Å². The topological polar surface area (TPSA) is 115 Å². The number of aliphatic carboxylic acids is 2. The molecule has 0 aliphatic heterocycles. The van der Waals surface area contributed by atoms with E-state index >= 15 is 0 Å². The lowest BCUT2D eigenvalue weighted by molar-refractivity contribution is -0.147. The Hall–Kier alpha value is -4.06. The highest BCUT2D eigenvalue weighted by atomic mass is 16.4. The second-order valence-electron chi connectivity index (χ2n) is 7.11. The highest BCUT2D eigenvalue weighted by Crippen LogP contribution is 2.44. The number of rotatable bonds is 5. The molecule has 4 N–H and O–H groups in total. The Kier molecular flexibility index (Phi) is 4.75. The fourth-order valence-electron chi connectivity index (χ4n) is 3.99. The molecule has 0 aliphatic carbocycles. The predicted octanol–water partition coefficient (Wildman–Crippen LogP) is 4.44. The maximum atomic E-state index is 12.3. The Morgan fingerprint density at radius 3 is 1.83 bits per heavy atom. The minimum Gasteiger partial charge on any atom is -0.508 e. The Bertz CT molecular complexity index is 1290. The van der Waals surface area contributed by atoms with Gasteiger partial charge in [-0.25, -0.2) is 0 Å². The fraction of sp³-hybridized carbons (Fsp3) is 0.0833. The van der Waals surface area contributed by atoms with Crippen molar-refractivity contribution in [1.82, 2.24) is 0 Å². The summed E-state index contributed by atoms with van der Waals surface area (Å²) in [7, 11) is 0. The Morgan fingerprint density at radius 2 is 1.20 bits per heavy atom. The summed E-state index contributed by atoms with van der Waals surface area (Å²) in [4.78, 5) is 24.6. The maximum absolute atomic E-state index is 12.3. The van der Waals surface area contributed by atoms with Crippen molar-refractivity contribution in [2.45, 2.75) is 11.8 Å². The van der Waals surface area contributed by atoms with E-state index in [9.17, 15) is 30.0 Å². The molecule has 2 unspecified atom stereocenters. The van der Waals surface area contributed by atoms with E-state index in [4.69, 9.17) is 0 Å². The molecule has 150 valence electrons. The molecule has 0 saturated heterocycles. The lowest BCUT2D eigenvalue weighted by Crippen LogP contribution is -2.27. The third-order valence-corrected chi connectivity index (χ3v) is 5.35. The van der Waals surface area contributed by atoms with Crippen molar-refractivity contribution in [3.05, 3.63) is 83.9 Å². The molecule has 0 bridgehead atoms. The minimum atomic E-state index is -1.62. The van der Waals surface area contributed by atoms with Gasteiger partial charge in [0.2, 0.25) is 0 Å². The molecule has 4 aromatic carbocycles. The van der Waals surface area contributed by atoms with E-state index in [0.717, 1.165) is 0 Å².